The van der Waals surface area contributed by atoms with Crippen molar-refractivity contribution in [2.75, 3.05) is 17.6 Å². The quantitative estimate of drug-likeness (QED) is 0.469. The number of hydrogen-bond acceptors (Lipinski definition) is 5. The molecular formula is C23H22N4O. The minimum atomic E-state index is 0.700. The number of aryl methyl sites for hydroxylation is 1. The first-order chi connectivity index (χ1) is 13.7. The van der Waals surface area contributed by atoms with E-state index in [-0.39, 0.29) is 0 Å². The van der Waals surface area contributed by atoms with Crippen molar-refractivity contribution in [1.82, 2.24) is 9.97 Å². The Morgan fingerprint density at radius 1 is 0.929 bits per heavy atom. The van der Waals surface area contributed by atoms with Crippen LogP contribution in [0.3, 0.4) is 0 Å². The number of aromatic nitrogens is 2. The zero-order chi connectivity index (χ0) is 19.3. The molecule has 0 saturated carbocycles. The smallest absolute Gasteiger partial charge is 0.137 e. The van der Waals surface area contributed by atoms with Crippen LogP contribution in [0.15, 0.2) is 73.1 Å². The van der Waals surface area contributed by atoms with Crippen LogP contribution in [-0.4, -0.2) is 16.5 Å². The van der Waals surface area contributed by atoms with Crippen molar-refractivity contribution in [3.05, 3.63) is 84.2 Å². The highest BCUT2D eigenvalue weighted by Gasteiger charge is 2.05. The zero-order valence-corrected chi connectivity index (χ0v) is 15.7. The summed E-state index contributed by atoms with van der Waals surface area (Å²) in [6.45, 7) is 2.81. The third kappa shape index (κ3) is 4.20. The van der Waals surface area contributed by atoms with Gasteiger partial charge in [-0.3, -0.25) is 0 Å². The van der Waals surface area contributed by atoms with E-state index in [9.17, 15) is 0 Å². The lowest BCUT2D eigenvalue weighted by Gasteiger charge is -2.10. The molecular weight excluding hydrogens is 348 g/mol. The molecule has 5 nitrogen and oxygen atoms in total. The summed E-state index contributed by atoms with van der Waals surface area (Å²) in [6, 6.07) is 21.8. The van der Waals surface area contributed by atoms with Crippen molar-refractivity contribution in [1.29, 1.82) is 0 Å². The van der Waals surface area contributed by atoms with Gasteiger partial charge >= 0.3 is 0 Å². The van der Waals surface area contributed by atoms with Crippen molar-refractivity contribution in [2.45, 2.75) is 13.3 Å². The van der Waals surface area contributed by atoms with Gasteiger partial charge in [-0.1, -0.05) is 29.8 Å². The number of benzene rings is 3. The second-order valence-corrected chi connectivity index (χ2v) is 6.74. The minimum absolute atomic E-state index is 0.700. The Labute approximate surface area is 164 Å². The molecule has 3 N–H and O–H groups in total. The van der Waals surface area contributed by atoms with Gasteiger partial charge in [-0.05, 0) is 61.4 Å². The van der Waals surface area contributed by atoms with E-state index in [0.29, 0.717) is 5.69 Å². The summed E-state index contributed by atoms with van der Waals surface area (Å²) in [4.78, 5) is 8.64. The SMILES string of the molecule is Cc1ccc(Oc2cccc(CCNc3ncnc4ccc(N)cc34)c2)cc1. The molecule has 28 heavy (non-hydrogen) atoms. The summed E-state index contributed by atoms with van der Waals surface area (Å²) in [5.41, 5.74) is 9.88. The van der Waals surface area contributed by atoms with Crippen molar-refractivity contribution in [3.63, 3.8) is 0 Å². The first-order valence-electron chi connectivity index (χ1n) is 9.25. The van der Waals surface area contributed by atoms with Crippen LogP contribution in [0.25, 0.3) is 10.9 Å². The van der Waals surface area contributed by atoms with Crippen LogP contribution in [0.2, 0.25) is 0 Å². The van der Waals surface area contributed by atoms with Crippen molar-refractivity contribution in [3.8, 4) is 11.5 Å². The summed E-state index contributed by atoms with van der Waals surface area (Å²) in [6.07, 6.45) is 2.41. The average molecular weight is 370 g/mol. The lowest BCUT2D eigenvalue weighted by molar-refractivity contribution is 0.482. The normalized spacial score (nSPS) is 10.8. The molecule has 0 radical (unpaired) electrons. The van der Waals surface area contributed by atoms with E-state index >= 15 is 0 Å². The predicted octanol–water partition coefficient (Wildman–Crippen LogP) is 4.97. The number of nitrogens with zero attached hydrogens (tertiary/aromatic N) is 2. The maximum atomic E-state index is 5.95. The fourth-order valence-electron chi connectivity index (χ4n) is 3.05. The van der Waals surface area contributed by atoms with E-state index in [2.05, 4.69) is 34.3 Å². The Balaban J connectivity index is 1.42. The predicted molar refractivity (Wildman–Crippen MR) is 114 cm³/mol. The van der Waals surface area contributed by atoms with E-state index in [4.69, 9.17) is 10.5 Å². The fourth-order valence-corrected chi connectivity index (χ4v) is 3.05. The summed E-state index contributed by atoms with van der Waals surface area (Å²) in [7, 11) is 0. The average Bonchev–Trinajstić information content (AvgIpc) is 2.70. The number of hydrogen-bond donors (Lipinski definition) is 2. The van der Waals surface area contributed by atoms with Gasteiger partial charge < -0.3 is 15.8 Å². The molecule has 4 aromatic rings. The molecule has 1 aromatic heterocycles. The molecule has 0 aliphatic carbocycles. The third-order valence-corrected chi connectivity index (χ3v) is 4.52. The molecule has 0 aliphatic heterocycles. The van der Waals surface area contributed by atoms with Crippen LogP contribution in [0, 0.1) is 6.92 Å². The Hall–Kier alpha value is -3.60. The van der Waals surface area contributed by atoms with Crippen LogP contribution in [0.1, 0.15) is 11.1 Å². The summed E-state index contributed by atoms with van der Waals surface area (Å²) in [5.74, 6) is 2.47. The molecule has 140 valence electrons. The monoisotopic (exact) mass is 370 g/mol. The van der Waals surface area contributed by atoms with Gasteiger partial charge in [0.1, 0.15) is 23.6 Å². The molecule has 0 atom stereocenters. The maximum absolute atomic E-state index is 5.95. The Bertz CT molecular complexity index is 1090. The molecule has 0 fully saturated rings. The Morgan fingerprint density at radius 2 is 1.79 bits per heavy atom. The lowest BCUT2D eigenvalue weighted by atomic mass is 10.1. The summed E-state index contributed by atoms with van der Waals surface area (Å²) < 4.78 is 5.95. The van der Waals surface area contributed by atoms with Gasteiger partial charge in [-0.15, -0.1) is 0 Å². The molecule has 0 spiro atoms. The highest BCUT2D eigenvalue weighted by molar-refractivity contribution is 5.91. The van der Waals surface area contributed by atoms with Gasteiger partial charge in [0.05, 0.1) is 5.52 Å². The van der Waals surface area contributed by atoms with Crippen LogP contribution < -0.4 is 15.8 Å². The fraction of sp³-hybridized carbons (Fsp3) is 0.130. The largest absolute Gasteiger partial charge is 0.457 e. The van der Waals surface area contributed by atoms with Crippen LogP contribution in [-0.2, 0) is 6.42 Å². The van der Waals surface area contributed by atoms with Gasteiger partial charge in [0, 0.05) is 17.6 Å². The summed E-state index contributed by atoms with van der Waals surface area (Å²) >= 11 is 0. The number of anilines is 2. The number of rotatable bonds is 6. The van der Waals surface area contributed by atoms with Gasteiger partial charge in [0.2, 0.25) is 0 Å². The molecule has 0 unspecified atom stereocenters. The first kappa shape index (κ1) is 17.8. The van der Waals surface area contributed by atoms with Gasteiger partial charge in [-0.2, -0.15) is 0 Å². The number of ether oxygens (including phenoxy) is 1. The number of nitrogens with two attached hydrogens (primary N) is 1. The van der Waals surface area contributed by atoms with Crippen LogP contribution in [0.5, 0.6) is 11.5 Å². The number of fused-ring (bicyclic) bond motifs is 1. The second-order valence-electron chi connectivity index (χ2n) is 6.74. The van der Waals surface area contributed by atoms with E-state index in [1.807, 2.05) is 54.6 Å². The lowest BCUT2D eigenvalue weighted by Crippen LogP contribution is -2.07. The Morgan fingerprint density at radius 3 is 2.64 bits per heavy atom. The van der Waals surface area contributed by atoms with Crippen molar-refractivity contribution >= 4 is 22.4 Å². The molecule has 0 saturated heterocycles. The molecule has 0 bridgehead atoms. The minimum Gasteiger partial charge on any atom is -0.457 e. The second kappa shape index (κ2) is 7.96. The van der Waals surface area contributed by atoms with Crippen molar-refractivity contribution in [2.24, 2.45) is 0 Å². The van der Waals surface area contributed by atoms with Crippen LogP contribution in [0.4, 0.5) is 11.5 Å². The molecule has 0 amide bonds. The van der Waals surface area contributed by atoms with Gasteiger partial charge in [-0.25, -0.2) is 9.97 Å². The number of nitrogen functional groups attached to an aromatic ring is 1. The highest BCUT2D eigenvalue weighted by atomic mass is 16.5. The molecule has 0 aliphatic rings. The third-order valence-electron chi connectivity index (χ3n) is 4.52. The Kier molecular flexibility index (Phi) is 5.06. The molecule has 1 heterocycles. The van der Waals surface area contributed by atoms with Gasteiger partial charge in [0.25, 0.3) is 0 Å². The van der Waals surface area contributed by atoms with E-state index in [1.54, 1.807) is 6.33 Å². The van der Waals surface area contributed by atoms with E-state index in [0.717, 1.165) is 41.2 Å². The zero-order valence-electron chi connectivity index (χ0n) is 15.7. The van der Waals surface area contributed by atoms with Gasteiger partial charge in [0.15, 0.2) is 0 Å². The standard InChI is InChI=1S/C23H22N4O/c1-16-5-8-19(9-6-16)28-20-4-2-3-17(13-20)11-12-25-23-21-14-18(24)7-10-22(21)26-15-27-23/h2-10,13-15H,11-12,24H2,1H3,(H,25,26,27). The molecule has 4 rings (SSSR count). The van der Waals surface area contributed by atoms with E-state index in [1.165, 1.54) is 11.1 Å². The number of nitrogens with one attached hydrogen (secondary N) is 1. The molecule has 3 aromatic carbocycles. The topological polar surface area (TPSA) is 73.1 Å². The van der Waals surface area contributed by atoms with Crippen LogP contribution >= 0.6 is 0 Å². The van der Waals surface area contributed by atoms with E-state index < -0.39 is 0 Å². The highest BCUT2D eigenvalue weighted by Crippen LogP contribution is 2.24. The summed E-state index contributed by atoms with van der Waals surface area (Å²) in [5, 5.41) is 4.32. The maximum Gasteiger partial charge on any atom is 0.137 e. The first-order valence-corrected chi connectivity index (χ1v) is 9.25. The molecule has 5 heteroatoms. The van der Waals surface area contributed by atoms with Crippen molar-refractivity contribution < 1.29 is 4.74 Å².